The normalized spacial score (nSPS) is 12.0. The van der Waals surface area contributed by atoms with Crippen LogP contribution in [-0.2, 0) is 6.42 Å². The van der Waals surface area contributed by atoms with Crippen molar-refractivity contribution in [3.05, 3.63) is 40.7 Å². The topological polar surface area (TPSA) is 87.1 Å². The van der Waals surface area contributed by atoms with Gasteiger partial charge in [-0.25, -0.2) is 9.18 Å². The van der Waals surface area contributed by atoms with Gasteiger partial charge >= 0.3 is 6.03 Å². The van der Waals surface area contributed by atoms with Gasteiger partial charge in [0.2, 0.25) is 5.13 Å². The van der Waals surface area contributed by atoms with Gasteiger partial charge in [0.1, 0.15) is 10.8 Å². The molecular weight excluding hydrogens is 307 g/mol. The largest absolute Gasteiger partial charge is 0.393 e. The predicted molar refractivity (Wildman–Crippen MR) is 82.4 cm³/mol. The Morgan fingerprint density at radius 2 is 2.09 bits per heavy atom. The summed E-state index contributed by atoms with van der Waals surface area (Å²) in [4.78, 5) is 11.6. The molecule has 1 heterocycles. The zero-order valence-corrected chi connectivity index (χ0v) is 12.9. The third kappa shape index (κ3) is 5.38. The predicted octanol–water partition coefficient (Wildman–Crippen LogP) is 2.16. The molecule has 0 radical (unpaired) electrons. The van der Waals surface area contributed by atoms with Crippen molar-refractivity contribution in [2.75, 3.05) is 11.9 Å². The van der Waals surface area contributed by atoms with Gasteiger partial charge in [-0.05, 0) is 31.0 Å². The Bertz CT molecular complexity index is 616. The second kappa shape index (κ2) is 7.81. The number of hydrogen-bond acceptors (Lipinski definition) is 5. The van der Waals surface area contributed by atoms with E-state index in [4.69, 9.17) is 5.11 Å². The number of hydrogen-bond donors (Lipinski definition) is 3. The third-order valence-corrected chi connectivity index (χ3v) is 3.64. The Balaban J connectivity index is 1.83. The zero-order valence-electron chi connectivity index (χ0n) is 12.0. The molecule has 0 aliphatic heterocycles. The van der Waals surface area contributed by atoms with Crippen molar-refractivity contribution < 1.29 is 14.3 Å². The van der Waals surface area contributed by atoms with Crippen molar-refractivity contribution >= 4 is 22.5 Å². The van der Waals surface area contributed by atoms with Crippen molar-refractivity contribution in [1.82, 2.24) is 15.5 Å². The number of rotatable bonds is 6. The minimum absolute atomic E-state index is 0.280. The van der Waals surface area contributed by atoms with E-state index in [0.717, 1.165) is 10.6 Å². The Kier molecular flexibility index (Phi) is 5.79. The number of carbonyl (C=O) groups excluding carboxylic acids is 1. The molecule has 0 aliphatic carbocycles. The van der Waals surface area contributed by atoms with Crippen molar-refractivity contribution in [2.24, 2.45) is 0 Å². The zero-order chi connectivity index (χ0) is 15.9. The lowest BCUT2D eigenvalue weighted by molar-refractivity contribution is 0.184. The molecule has 0 aliphatic rings. The third-order valence-electron chi connectivity index (χ3n) is 2.80. The maximum Gasteiger partial charge on any atom is 0.321 e. The molecule has 2 amide bonds. The average Bonchev–Trinajstić information content (AvgIpc) is 2.88. The van der Waals surface area contributed by atoms with Gasteiger partial charge < -0.3 is 10.4 Å². The lowest BCUT2D eigenvalue weighted by atomic mass is 10.2. The SMILES string of the molecule is CC(O)CCNC(=O)Nc1nnc(Cc2ccc(F)cc2)s1. The van der Waals surface area contributed by atoms with Crippen molar-refractivity contribution in [1.29, 1.82) is 0 Å². The van der Waals surface area contributed by atoms with E-state index in [1.54, 1.807) is 19.1 Å². The van der Waals surface area contributed by atoms with Crippen LogP contribution in [-0.4, -0.2) is 34.0 Å². The van der Waals surface area contributed by atoms with Crippen LogP contribution in [0.15, 0.2) is 24.3 Å². The van der Waals surface area contributed by atoms with Crippen LogP contribution in [0.3, 0.4) is 0 Å². The van der Waals surface area contributed by atoms with E-state index < -0.39 is 6.10 Å². The summed E-state index contributed by atoms with van der Waals surface area (Å²) in [5.41, 5.74) is 0.922. The number of aliphatic hydroxyl groups is 1. The van der Waals surface area contributed by atoms with Gasteiger partial charge in [-0.3, -0.25) is 5.32 Å². The van der Waals surface area contributed by atoms with E-state index in [9.17, 15) is 9.18 Å². The smallest absolute Gasteiger partial charge is 0.321 e. The van der Waals surface area contributed by atoms with Crippen LogP contribution in [0.2, 0.25) is 0 Å². The quantitative estimate of drug-likeness (QED) is 0.760. The highest BCUT2D eigenvalue weighted by atomic mass is 32.1. The average molecular weight is 324 g/mol. The van der Waals surface area contributed by atoms with Crippen molar-refractivity contribution in [3.63, 3.8) is 0 Å². The fourth-order valence-corrected chi connectivity index (χ4v) is 2.46. The number of nitrogens with zero attached hydrogens (tertiary/aromatic N) is 2. The monoisotopic (exact) mass is 324 g/mol. The van der Waals surface area contributed by atoms with E-state index in [1.165, 1.54) is 23.5 Å². The number of benzene rings is 1. The van der Waals surface area contributed by atoms with Gasteiger partial charge in [0.15, 0.2) is 0 Å². The van der Waals surface area contributed by atoms with Crippen molar-refractivity contribution in [3.8, 4) is 0 Å². The highest BCUT2D eigenvalue weighted by Crippen LogP contribution is 2.18. The van der Waals surface area contributed by atoms with E-state index in [-0.39, 0.29) is 11.8 Å². The summed E-state index contributed by atoms with van der Waals surface area (Å²) < 4.78 is 12.8. The molecule has 8 heteroatoms. The summed E-state index contributed by atoms with van der Waals surface area (Å²) in [5.74, 6) is -0.280. The Hall–Kier alpha value is -2.06. The Morgan fingerprint density at radius 1 is 1.36 bits per heavy atom. The van der Waals surface area contributed by atoms with Crippen LogP contribution in [0.5, 0.6) is 0 Å². The molecular formula is C14H17FN4O2S. The Labute approximate surface area is 131 Å². The first-order chi connectivity index (χ1) is 10.5. The fraction of sp³-hybridized carbons (Fsp3) is 0.357. The molecule has 22 heavy (non-hydrogen) atoms. The number of aromatic nitrogens is 2. The molecule has 6 nitrogen and oxygen atoms in total. The maximum absolute atomic E-state index is 12.8. The number of anilines is 1. The summed E-state index contributed by atoms with van der Waals surface area (Å²) in [7, 11) is 0. The molecule has 2 aromatic rings. The number of urea groups is 1. The van der Waals surface area contributed by atoms with Crippen molar-refractivity contribution in [2.45, 2.75) is 25.9 Å². The first-order valence-electron chi connectivity index (χ1n) is 6.82. The summed E-state index contributed by atoms with van der Waals surface area (Å²) in [6.45, 7) is 2.04. The molecule has 0 fully saturated rings. The van der Waals surface area contributed by atoms with E-state index >= 15 is 0 Å². The summed E-state index contributed by atoms with van der Waals surface area (Å²) in [6.07, 6.45) is 0.562. The number of nitrogens with one attached hydrogen (secondary N) is 2. The number of amides is 2. The first kappa shape index (κ1) is 16.3. The highest BCUT2D eigenvalue weighted by molar-refractivity contribution is 7.15. The van der Waals surface area contributed by atoms with Crippen LogP contribution < -0.4 is 10.6 Å². The van der Waals surface area contributed by atoms with E-state index in [1.807, 2.05) is 0 Å². The molecule has 0 saturated heterocycles. The molecule has 1 aromatic heterocycles. The first-order valence-corrected chi connectivity index (χ1v) is 7.64. The van der Waals surface area contributed by atoms with Crippen LogP contribution >= 0.6 is 11.3 Å². The molecule has 1 aromatic carbocycles. The molecule has 3 N–H and O–H groups in total. The minimum Gasteiger partial charge on any atom is -0.393 e. The second-order valence-corrected chi connectivity index (χ2v) is 5.88. The molecule has 0 spiro atoms. The summed E-state index contributed by atoms with van der Waals surface area (Å²) in [6, 6.07) is 5.78. The molecule has 2 rings (SSSR count). The maximum atomic E-state index is 12.8. The van der Waals surface area contributed by atoms with E-state index in [2.05, 4.69) is 20.8 Å². The van der Waals surface area contributed by atoms with Gasteiger partial charge in [0.25, 0.3) is 0 Å². The second-order valence-electron chi connectivity index (χ2n) is 4.82. The lowest BCUT2D eigenvalue weighted by Gasteiger charge is -2.06. The van der Waals surface area contributed by atoms with Crippen LogP contribution in [0.25, 0.3) is 0 Å². The summed E-state index contributed by atoms with van der Waals surface area (Å²) in [5, 5.41) is 23.3. The van der Waals surface area contributed by atoms with Gasteiger partial charge in [-0.2, -0.15) is 0 Å². The molecule has 1 unspecified atom stereocenters. The van der Waals surface area contributed by atoms with Gasteiger partial charge in [0.05, 0.1) is 6.10 Å². The van der Waals surface area contributed by atoms with E-state index in [0.29, 0.717) is 24.5 Å². The minimum atomic E-state index is -0.454. The number of carbonyl (C=O) groups is 1. The van der Waals surface area contributed by atoms with Crippen LogP contribution in [0.4, 0.5) is 14.3 Å². The standard InChI is InChI=1S/C14H17FN4O2S/c1-9(20)6-7-16-13(21)17-14-19-18-12(22-14)8-10-2-4-11(15)5-3-10/h2-5,9,20H,6-8H2,1H3,(H2,16,17,19,21). The van der Waals surface area contributed by atoms with Gasteiger partial charge in [0, 0.05) is 13.0 Å². The summed E-state index contributed by atoms with van der Waals surface area (Å²) >= 11 is 1.26. The number of halogens is 1. The van der Waals surface area contributed by atoms with Crippen LogP contribution in [0, 0.1) is 5.82 Å². The molecule has 0 saturated carbocycles. The van der Waals surface area contributed by atoms with Gasteiger partial charge in [-0.15, -0.1) is 10.2 Å². The van der Waals surface area contributed by atoms with Crippen LogP contribution in [0.1, 0.15) is 23.9 Å². The highest BCUT2D eigenvalue weighted by Gasteiger charge is 2.08. The lowest BCUT2D eigenvalue weighted by Crippen LogP contribution is -2.30. The fourth-order valence-electron chi connectivity index (χ4n) is 1.69. The van der Waals surface area contributed by atoms with Gasteiger partial charge in [-0.1, -0.05) is 23.5 Å². The molecule has 118 valence electrons. The number of aliphatic hydroxyl groups excluding tert-OH is 1. The molecule has 1 atom stereocenters. The molecule has 0 bridgehead atoms. The Morgan fingerprint density at radius 3 is 2.77 bits per heavy atom.